The van der Waals surface area contributed by atoms with Crippen molar-refractivity contribution in [2.24, 2.45) is 11.1 Å². The van der Waals surface area contributed by atoms with Crippen LogP contribution in [0.5, 0.6) is 0 Å². The van der Waals surface area contributed by atoms with Crippen LogP contribution in [0.25, 0.3) is 5.78 Å². The fourth-order valence-electron chi connectivity index (χ4n) is 2.95. The minimum atomic E-state index is -0.150. The van der Waals surface area contributed by atoms with E-state index in [2.05, 4.69) is 28.9 Å². The molecule has 1 fully saturated rings. The summed E-state index contributed by atoms with van der Waals surface area (Å²) in [7, 11) is 0. The van der Waals surface area contributed by atoms with Crippen molar-refractivity contribution in [1.29, 1.82) is 0 Å². The SMILES string of the molecule is Cc1cc(C)n2nc(C(=O)N3CCC(N)C(C)(C)C3)nc2n1.Cl.Cl. The molecule has 0 bridgehead atoms. The zero-order valence-electron chi connectivity index (χ0n) is 14.3. The molecule has 1 unspecified atom stereocenters. The summed E-state index contributed by atoms with van der Waals surface area (Å²) >= 11 is 0. The van der Waals surface area contributed by atoms with E-state index in [4.69, 9.17) is 5.73 Å². The molecule has 9 heteroatoms. The molecule has 24 heavy (non-hydrogen) atoms. The van der Waals surface area contributed by atoms with Crippen molar-refractivity contribution in [3.05, 3.63) is 23.3 Å². The Morgan fingerprint density at radius 1 is 1.29 bits per heavy atom. The molecule has 0 spiro atoms. The lowest BCUT2D eigenvalue weighted by atomic mass is 9.79. The van der Waals surface area contributed by atoms with E-state index in [-0.39, 0.29) is 48.0 Å². The number of fused-ring (bicyclic) bond motifs is 1. The van der Waals surface area contributed by atoms with Crippen LogP contribution >= 0.6 is 24.8 Å². The molecule has 1 amide bonds. The van der Waals surface area contributed by atoms with Gasteiger partial charge in [-0.1, -0.05) is 13.8 Å². The first kappa shape index (κ1) is 20.6. The van der Waals surface area contributed by atoms with E-state index in [1.54, 1.807) is 9.42 Å². The molecule has 0 radical (unpaired) electrons. The zero-order valence-corrected chi connectivity index (χ0v) is 15.9. The van der Waals surface area contributed by atoms with Gasteiger partial charge < -0.3 is 10.6 Å². The summed E-state index contributed by atoms with van der Waals surface area (Å²) in [5.74, 6) is 0.517. The average molecular weight is 375 g/mol. The van der Waals surface area contributed by atoms with Crippen molar-refractivity contribution in [3.8, 4) is 0 Å². The van der Waals surface area contributed by atoms with Gasteiger partial charge in [-0.15, -0.1) is 29.9 Å². The quantitative estimate of drug-likeness (QED) is 0.821. The second-order valence-corrected chi connectivity index (χ2v) is 6.80. The number of halogens is 2. The van der Waals surface area contributed by atoms with Crippen molar-refractivity contribution in [3.63, 3.8) is 0 Å². The van der Waals surface area contributed by atoms with E-state index in [9.17, 15) is 4.79 Å². The maximum Gasteiger partial charge on any atom is 0.293 e. The summed E-state index contributed by atoms with van der Waals surface area (Å²) in [6.45, 7) is 9.26. The molecule has 0 saturated carbocycles. The van der Waals surface area contributed by atoms with Crippen LogP contribution in [-0.4, -0.2) is 49.5 Å². The van der Waals surface area contributed by atoms with E-state index in [1.807, 2.05) is 19.9 Å². The summed E-state index contributed by atoms with van der Waals surface area (Å²) in [5, 5.41) is 4.32. The number of amides is 1. The Morgan fingerprint density at radius 2 is 1.96 bits per heavy atom. The number of likely N-dealkylation sites (tertiary alicyclic amines) is 1. The molecule has 134 valence electrons. The van der Waals surface area contributed by atoms with Crippen LogP contribution in [0, 0.1) is 19.3 Å². The first-order chi connectivity index (χ1) is 10.3. The summed E-state index contributed by atoms with van der Waals surface area (Å²) in [5.41, 5.74) is 7.80. The van der Waals surface area contributed by atoms with Crippen molar-refractivity contribution < 1.29 is 4.79 Å². The van der Waals surface area contributed by atoms with Crippen molar-refractivity contribution in [1.82, 2.24) is 24.5 Å². The molecule has 1 saturated heterocycles. The van der Waals surface area contributed by atoms with Crippen molar-refractivity contribution in [2.75, 3.05) is 13.1 Å². The van der Waals surface area contributed by atoms with E-state index in [0.29, 0.717) is 18.9 Å². The van der Waals surface area contributed by atoms with Crippen LogP contribution in [0.3, 0.4) is 0 Å². The number of carbonyl (C=O) groups is 1. The second-order valence-electron chi connectivity index (χ2n) is 6.80. The summed E-state index contributed by atoms with van der Waals surface area (Å²) < 4.78 is 1.61. The van der Waals surface area contributed by atoms with Crippen LogP contribution in [0.4, 0.5) is 0 Å². The predicted octanol–water partition coefficient (Wildman–Crippen LogP) is 1.78. The van der Waals surface area contributed by atoms with Crippen LogP contribution in [0.2, 0.25) is 0 Å². The van der Waals surface area contributed by atoms with Crippen LogP contribution in [-0.2, 0) is 0 Å². The summed E-state index contributed by atoms with van der Waals surface area (Å²) in [4.78, 5) is 23.1. The van der Waals surface area contributed by atoms with Gasteiger partial charge in [-0.2, -0.15) is 4.98 Å². The fourth-order valence-corrected chi connectivity index (χ4v) is 2.95. The Kier molecular flexibility index (Phi) is 6.19. The Balaban J connectivity index is 0.00000144. The minimum Gasteiger partial charge on any atom is -0.335 e. The molecule has 2 aromatic rings. The highest BCUT2D eigenvalue weighted by atomic mass is 35.5. The number of piperidine rings is 1. The summed E-state index contributed by atoms with van der Waals surface area (Å²) in [6, 6.07) is 2.02. The second kappa shape index (κ2) is 7.21. The molecule has 1 aliphatic rings. The van der Waals surface area contributed by atoms with Gasteiger partial charge in [0.2, 0.25) is 5.82 Å². The number of nitrogens with zero attached hydrogens (tertiary/aromatic N) is 5. The normalized spacial score (nSPS) is 19.5. The van der Waals surface area contributed by atoms with Gasteiger partial charge >= 0.3 is 0 Å². The molecule has 0 aliphatic carbocycles. The number of hydrogen-bond acceptors (Lipinski definition) is 5. The van der Waals surface area contributed by atoms with Gasteiger partial charge in [0.15, 0.2) is 0 Å². The van der Waals surface area contributed by atoms with Crippen molar-refractivity contribution in [2.45, 2.75) is 40.2 Å². The number of carbonyl (C=O) groups excluding carboxylic acids is 1. The van der Waals surface area contributed by atoms with E-state index >= 15 is 0 Å². The topological polar surface area (TPSA) is 89.4 Å². The Morgan fingerprint density at radius 3 is 2.58 bits per heavy atom. The monoisotopic (exact) mass is 374 g/mol. The Bertz CT molecular complexity index is 745. The largest absolute Gasteiger partial charge is 0.335 e. The molecular weight excluding hydrogens is 351 g/mol. The highest BCUT2D eigenvalue weighted by Gasteiger charge is 2.36. The maximum atomic E-state index is 12.7. The minimum absolute atomic E-state index is 0. The molecule has 0 aromatic carbocycles. The highest BCUT2D eigenvalue weighted by molar-refractivity contribution is 5.91. The third-order valence-corrected chi connectivity index (χ3v) is 4.41. The van der Waals surface area contributed by atoms with Crippen molar-refractivity contribution >= 4 is 36.5 Å². The molecule has 2 aromatic heterocycles. The van der Waals surface area contributed by atoms with Gasteiger partial charge in [-0.3, -0.25) is 4.79 Å². The Hall–Kier alpha value is -1.44. The van der Waals surface area contributed by atoms with Crippen LogP contribution in [0.1, 0.15) is 42.3 Å². The lowest BCUT2D eigenvalue weighted by Crippen LogP contribution is -2.54. The number of aromatic nitrogens is 4. The standard InChI is InChI=1S/C15H22N6O.2ClH/c1-9-7-10(2)21-14(17-9)18-12(19-21)13(22)20-6-5-11(16)15(3,4)8-20;;/h7,11H,5-6,8,16H2,1-4H3;2*1H. The molecule has 1 atom stereocenters. The zero-order chi connectivity index (χ0) is 16.1. The smallest absolute Gasteiger partial charge is 0.293 e. The van der Waals surface area contributed by atoms with Gasteiger partial charge in [0, 0.05) is 30.5 Å². The lowest BCUT2D eigenvalue weighted by Gasteiger charge is -2.42. The van der Waals surface area contributed by atoms with Gasteiger partial charge in [-0.05, 0) is 31.7 Å². The molecule has 3 heterocycles. The van der Waals surface area contributed by atoms with Gasteiger partial charge in [0.05, 0.1) is 0 Å². The van der Waals surface area contributed by atoms with E-state index in [1.165, 1.54) is 0 Å². The number of rotatable bonds is 1. The lowest BCUT2D eigenvalue weighted by molar-refractivity contribution is 0.0521. The molecule has 7 nitrogen and oxygen atoms in total. The molecular formula is C15H24Cl2N6O. The average Bonchev–Trinajstić information content (AvgIpc) is 2.85. The Labute approximate surface area is 153 Å². The highest BCUT2D eigenvalue weighted by Crippen LogP contribution is 2.28. The molecule has 3 rings (SSSR count). The van der Waals surface area contributed by atoms with E-state index in [0.717, 1.165) is 17.8 Å². The summed E-state index contributed by atoms with van der Waals surface area (Å²) in [6.07, 6.45) is 0.794. The van der Waals surface area contributed by atoms with Crippen LogP contribution in [0.15, 0.2) is 6.07 Å². The first-order valence-electron chi connectivity index (χ1n) is 7.54. The predicted molar refractivity (Wildman–Crippen MR) is 97.0 cm³/mol. The van der Waals surface area contributed by atoms with Gasteiger partial charge in [0.25, 0.3) is 11.7 Å². The van der Waals surface area contributed by atoms with E-state index < -0.39 is 0 Å². The number of nitrogens with two attached hydrogens (primary N) is 1. The number of aryl methyl sites for hydroxylation is 2. The third kappa shape index (κ3) is 3.63. The third-order valence-electron chi connectivity index (χ3n) is 4.41. The molecule has 1 aliphatic heterocycles. The fraction of sp³-hybridized carbons (Fsp3) is 0.600. The van der Waals surface area contributed by atoms with Gasteiger partial charge in [-0.25, -0.2) is 9.50 Å². The van der Waals surface area contributed by atoms with Gasteiger partial charge in [0.1, 0.15) is 0 Å². The maximum absolute atomic E-state index is 12.7. The molecule has 2 N–H and O–H groups in total. The van der Waals surface area contributed by atoms with Crippen LogP contribution < -0.4 is 5.73 Å². The number of hydrogen-bond donors (Lipinski definition) is 1. The first-order valence-corrected chi connectivity index (χ1v) is 7.54.